The molecule has 1 fully saturated rings. The van der Waals surface area contributed by atoms with Gasteiger partial charge in [0, 0.05) is 12.5 Å². The van der Waals surface area contributed by atoms with E-state index in [1.165, 1.54) is 44.9 Å². The SMILES string of the molecule is CCCCCCCCCCCCOC(=O)/C=C1\C(=O)OCCC1S(=O)(=O)O. The highest BCUT2D eigenvalue weighted by atomic mass is 32.2. The number of hydrogen-bond donors (Lipinski definition) is 1. The summed E-state index contributed by atoms with van der Waals surface area (Å²) in [6, 6.07) is 0. The Bertz CT molecular complexity index is 595. The van der Waals surface area contributed by atoms with E-state index in [9.17, 15) is 22.6 Å². The molecule has 0 aromatic carbocycles. The van der Waals surface area contributed by atoms with Gasteiger partial charge in [0.25, 0.3) is 10.1 Å². The first kappa shape index (κ1) is 23.6. The Labute approximate surface area is 162 Å². The van der Waals surface area contributed by atoms with Gasteiger partial charge in [-0.3, -0.25) is 4.55 Å². The lowest BCUT2D eigenvalue weighted by atomic mass is 10.1. The first-order chi connectivity index (χ1) is 12.9. The second-order valence-corrected chi connectivity index (χ2v) is 8.48. The summed E-state index contributed by atoms with van der Waals surface area (Å²) in [4.78, 5) is 23.5. The highest BCUT2D eigenvalue weighted by molar-refractivity contribution is 7.86. The van der Waals surface area contributed by atoms with Gasteiger partial charge in [0.2, 0.25) is 0 Å². The third-order valence-electron chi connectivity index (χ3n) is 4.57. The molecular formula is C19H32O7S. The Morgan fingerprint density at radius 1 is 1.11 bits per heavy atom. The summed E-state index contributed by atoms with van der Waals surface area (Å²) in [7, 11) is -4.48. The smallest absolute Gasteiger partial charge is 0.335 e. The zero-order valence-corrected chi connectivity index (χ0v) is 17.0. The number of hydrogen-bond acceptors (Lipinski definition) is 6. The van der Waals surface area contributed by atoms with Crippen molar-refractivity contribution in [2.24, 2.45) is 0 Å². The molecule has 0 aromatic rings. The van der Waals surface area contributed by atoms with Crippen molar-refractivity contribution in [1.29, 1.82) is 0 Å². The average molecular weight is 405 g/mol. The second-order valence-electron chi connectivity index (χ2n) is 6.88. The predicted octanol–water partition coefficient (Wildman–Crippen LogP) is 3.58. The fourth-order valence-electron chi connectivity index (χ4n) is 3.02. The van der Waals surface area contributed by atoms with E-state index >= 15 is 0 Å². The maximum Gasteiger partial charge on any atom is 0.335 e. The molecule has 0 saturated carbocycles. The zero-order chi connectivity index (χ0) is 20.1. The minimum Gasteiger partial charge on any atom is -0.463 e. The van der Waals surface area contributed by atoms with Crippen LogP contribution in [0.15, 0.2) is 11.6 Å². The molecule has 0 radical (unpaired) electrons. The van der Waals surface area contributed by atoms with E-state index in [2.05, 4.69) is 6.92 Å². The summed E-state index contributed by atoms with van der Waals surface area (Å²) in [5, 5.41) is -1.44. The van der Waals surface area contributed by atoms with Crippen LogP contribution in [0.5, 0.6) is 0 Å². The summed E-state index contributed by atoms with van der Waals surface area (Å²) in [6.45, 7) is 2.30. The highest BCUT2D eigenvalue weighted by Gasteiger charge is 2.36. The van der Waals surface area contributed by atoms with E-state index in [0.29, 0.717) is 0 Å². The number of esters is 2. The molecule has 7 nitrogen and oxygen atoms in total. The first-order valence-corrected chi connectivity index (χ1v) is 11.4. The fraction of sp³-hybridized carbons (Fsp3) is 0.789. The standard InChI is InChI=1S/C19H32O7S/c1-2-3-4-5-6-7-8-9-10-11-13-25-18(20)15-16-17(27(22,23)24)12-14-26-19(16)21/h15,17H,2-14H2,1H3,(H,22,23,24)/b16-15-. The molecule has 0 bridgehead atoms. The van der Waals surface area contributed by atoms with Gasteiger partial charge in [-0.2, -0.15) is 8.42 Å². The van der Waals surface area contributed by atoms with Crippen molar-refractivity contribution in [3.8, 4) is 0 Å². The molecule has 1 aliphatic heterocycles. The van der Waals surface area contributed by atoms with E-state index in [1.54, 1.807) is 0 Å². The lowest BCUT2D eigenvalue weighted by Gasteiger charge is -2.21. The molecule has 1 N–H and O–H groups in total. The van der Waals surface area contributed by atoms with Gasteiger partial charge in [0.15, 0.2) is 0 Å². The van der Waals surface area contributed by atoms with Crippen LogP contribution in [-0.2, 0) is 29.2 Å². The summed E-state index contributed by atoms with van der Waals surface area (Å²) in [6.07, 6.45) is 12.3. The Kier molecular flexibility index (Phi) is 11.3. The van der Waals surface area contributed by atoms with E-state index < -0.39 is 27.3 Å². The van der Waals surface area contributed by atoms with Crippen molar-refractivity contribution in [2.75, 3.05) is 13.2 Å². The molecular weight excluding hydrogens is 372 g/mol. The summed E-state index contributed by atoms with van der Waals surface area (Å²) in [5.74, 6) is -1.71. The third kappa shape index (κ3) is 9.91. The Morgan fingerprint density at radius 3 is 2.22 bits per heavy atom. The van der Waals surface area contributed by atoms with Crippen LogP contribution >= 0.6 is 0 Å². The van der Waals surface area contributed by atoms with Crippen molar-refractivity contribution in [2.45, 2.75) is 82.8 Å². The van der Waals surface area contributed by atoms with Crippen LogP contribution in [-0.4, -0.2) is 43.4 Å². The Balaban J connectivity index is 2.22. The summed E-state index contributed by atoms with van der Waals surface area (Å²) >= 11 is 0. The van der Waals surface area contributed by atoms with Gasteiger partial charge in [-0.25, -0.2) is 9.59 Å². The van der Waals surface area contributed by atoms with Crippen LogP contribution in [0.4, 0.5) is 0 Å². The minimum absolute atomic E-state index is 0.0812. The van der Waals surface area contributed by atoms with Crippen LogP contribution in [0.25, 0.3) is 0 Å². The predicted molar refractivity (Wildman–Crippen MR) is 102 cm³/mol. The van der Waals surface area contributed by atoms with E-state index in [4.69, 9.17) is 9.47 Å². The Hall–Kier alpha value is -1.41. The van der Waals surface area contributed by atoms with Crippen LogP contribution in [0.3, 0.4) is 0 Å². The monoisotopic (exact) mass is 404 g/mol. The maximum absolute atomic E-state index is 11.8. The molecule has 27 heavy (non-hydrogen) atoms. The van der Waals surface area contributed by atoms with Crippen molar-refractivity contribution in [1.82, 2.24) is 0 Å². The average Bonchev–Trinajstić information content (AvgIpc) is 2.60. The molecule has 1 aliphatic rings. The number of rotatable bonds is 13. The molecule has 1 heterocycles. The van der Waals surface area contributed by atoms with E-state index in [1.807, 2.05) is 0 Å². The van der Waals surface area contributed by atoms with Crippen LogP contribution < -0.4 is 0 Å². The molecule has 0 aliphatic carbocycles. The third-order valence-corrected chi connectivity index (χ3v) is 5.78. The number of carbonyl (C=O) groups is 2. The number of cyclic esters (lactones) is 1. The lowest BCUT2D eigenvalue weighted by molar-refractivity contribution is -0.143. The maximum atomic E-state index is 11.8. The molecule has 1 atom stereocenters. The van der Waals surface area contributed by atoms with Gasteiger partial charge in [0.1, 0.15) is 5.25 Å². The van der Waals surface area contributed by atoms with Gasteiger partial charge >= 0.3 is 11.9 Å². The molecule has 1 saturated heterocycles. The zero-order valence-electron chi connectivity index (χ0n) is 16.2. The molecule has 156 valence electrons. The minimum atomic E-state index is -4.48. The van der Waals surface area contributed by atoms with Crippen LogP contribution in [0, 0.1) is 0 Å². The largest absolute Gasteiger partial charge is 0.463 e. The lowest BCUT2D eigenvalue weighted by Crippen LogP contribution is -2.35. The molecule has 0 aromatic heterocycles. The molecule has 0 spiro atoms. The topological polar surface area (TPSA) is 107 Å². The molecule has 8 heteroatoms. The van der Waals surface area contributed by atoms with Crippen LogP contribution in [0.2, 0.25) is 0 Å². The summed E-state index contributed by atoms with van der Waals surface area (Å²) in [5.41, 5.74) is -0.378. The first-order valence-electron chi connectivity index (χ1n) is 9.88. The van der Waals surface area contributed by atoms with Gasteiger partial charge in [-0.1, -0.05) is 64.7 Å². The fourth-order valence-corrected chi connectivity index (χ4v) is 3.90. The van der Waals surface area contributed by atoms with Crippen LogP contribution in [0.1, 0.15) is 77.6 Å². The van der Waals surface area contributed by atoms with Gasteiger partial charge in [-0.15, -0.1) is 0 Å². The molecule has 0 amide bonds. The quantitative estimate of drug-likeness (QED) is 0.216. The highest BCUT2D eigenvalue weighted by Crippen LogP contribution is 2.22. The summed E-state index contributed by atoms with van der Waals surface area (Å²) < 4.78 is 41.6. The van der Waals surface area contributed by atoms with E-state index in [0.717, 1.165) is 25.3 Å². The second kappa shape index (κ2) is 12.9. The molecule has 1 rings (SSSR count). The Morgan fingerprint density at radius 2 is 1.67 bits per heavy atom. The van der Waals surface area contributed by atoms with Gasteiger partial charge < -0.3 is 9.47 Å². The normalized spacial score (nSPS) is 19.1. The van der Waals surface area contributed by atoms with Crippen molar-refractivity contribution >= 4 is 22.1 Å². The number of unbranched alkanes of at least 4 members (excludes halogenated alkanes) is 9. The number of carbonyl (C=O) groups excluding carboxylic acids is 2. The van der Waals surface area contributed by atoms with Crippen molar-refractivity contribution < 1.29 is 32.0 Å². The molecule has 1 unspecified atom stereocenters. The van der Waals surface area contributed by atoms with Gasteiger partial charge in [0.05, 0.1) is 18.8 Å². The van der Waals surface area contributed by atoms with Gasteiger partial charge in [-0.05, 0) is 6.42 Å². The van der Waals surface area contributed by atoms with Crippen molar-refractivity contribution in [3.63, 3.8) is 0 Å². The number of ether oxygens (including phenoxy) is 2. The van der Waals surface area contributed by atoms with E-state index in [-0.39, 0.29) is 25.2 Å². The van der Waals surface area contributed by atoms with Crippen molar-refractivity contribution in [3.05, 3.63) is 11.6 Å².